The highest BCUT2D eigenvalue weighted by molar-refractivity contribution is 5.86. The summed E-state index contributed by atoms with van der Waals surface area (Å²) in [5.74, 6) is 0. The van der Waals surface area contributed by atoms with Crippen LogP contribution in [0.1, 0.15) is 47.2 Å². The zero-order valence-corrected chi connectivity index (χ0v) is 26.7. The van der Waals surface area contributed by atoms with E-state index in [1.165, 1.54) is 67.3 Å². The van der Waals surface area contributed by atoms with Crippen molar-refractivity contribution < 1.29 is 0 Å². The molecule has 2 heteroatoms. The molecular weight excluding hydrogens is 544 g/mol. The van der Waals surface area contributed by atoms with Gasteiger partial charge in [-0.1, -0.05) is 123 Å². The van der Waals surface area contributed by atoms with E-state index in [1.54, 1.807) is 0 Å². The van der Waals surface area contributed by atoms with Crippen LogP contribution in [0.25, 0.3) is 11.1 Å². The summed E-state index contributed by atoms with van der Waals surface area (Å²) >= 11 is 0. The first-order valence-corrected chi connectivity index (χ1v) is 16.1. The van der Waals surface area contributed by atoms with E-state index in [4.69, 9.17) is 0 Å². The lowest BCUT2D eigenvalue weighted by Gasteiger charge is -2.45. The van der Waals surface area contributed by atoms with E-state index in [-0.39, 0.29) is 0 Å². The fourth-order valence-electron chi connectivity index (χ4n) is 7.47. The zero-order chi connectivity index (χ0) is 31.0. The lowest BCUT2D eigenvalue weighted by atomic mass is 9.62. The Kier molecular flexibility index (Phi) is 7.51. The second-order valence-electron chi connectivity index (χ2n) is 12.0. The summed E-state index contributed by atoms with van der Waals surface area (Å²) in [5.41, 5.74) is 14.9. The Balaban J connectivity index is 1.44. The molecule has 0 bridgehead atoms. The molecule has 0 radical (unpaired) electrons. The van der Waals surface area contributed by atoms with Crippen molar-refractivity contribution in [1.29, 1.82) is 0 Å². The van der Waals surface area contributed by atoms with Gasteiger partial charge in [0.25, 0.3) is 0 Å². The standard InChI is InChI=1S/C43H40N2/c1-5-31-17-13-15-23-39(31)44(3)40-27-25-33(29-32(40)6-2)34-26-28-42-38(30-34)43(35-18-9-7-10-19-35,36-20-11-8-12-21-36)37-22-14-16-24-41(37)45(42)4/h7-30H,5-6H2,1-4H3. The van der Waals surface area contributed by atoms with E-state index in [9.17, 15) is 0 Å². The Bertz CT molecular complexity index is 1920. The molecular formula is C43H40N2. The summed E-state index contributed by atoms with van der Waals surface area (Å²) < 4.78 is 0. The Morgan fingerprint density at radius 2 is 1.04 bits per heavy atom. The van der Waals surface area contributed by atoms with Crippen LogP contribution in [0.15, 0.2) is 146 Å². The van der Waals surface area contributed by atoms with Gasteiger partial charge in [0.15, 0.2) is 0 Å². The SMILES string of the molecule is CCc1ccccc1N(C)c1ccc(-c2ccc3c(c2)C(c2ccccc2)(c2ccccc2)c2ccccc2N3C)cc1CC. The number of aryl methyl sites for hydroxylation is 2. The Hall–Kier alpha value is -5.08. The Morgan fingerprint density at radius 3 is 1.73 bits per heavy atom. The second-order valence-corrected chi connectivity index (χ2v) is 12.0. The van der Waals surface area contributed by atoms with Crippen molar-refractivity contribution >= 4 is 22.7 Å². The normalized spacial score (nSPS) is 13.2. The van der Waals surface area contributed by atoms with Crippen molar-refractivity contribution in [2.45, 2.75) is 32.1 Å². The number of nitrogens with zero attached hydrogens (tertiary/aromatic N) is 2. The molecule has 0 aliphatic carbocycles. The van der Waals surface area contributed by atoms with Gasteiger partial charge < -0.3 is 9.80 Å². The molecule has 45 heavy (non-hydrogen) atoms. The summed E-state index contributed by atoms with van der Waals surface area (Å²) in [7, 11) is 4.40. The smallest absolute Gasteiger partial charge is 0.0742 e. The average molecular weight is 585 g/mol. The third-order valence-corrected chi connectivity index (χ3v) is 9.73. The highest BCUT2D eigenvalue weighted by Crippen LogP contribution is 2.56. The minimum Gasteiger partial charge on any atom is -0.344 e. The van der Waals surface area contributed by atoms with Crippen LogP contribution in [0.5, 0.6) is 0 Å². The van der Waals surface area contributed by atoms with Gasteiger partial charge in [0.1, 0.15) is 0 Å². The van der Waals surface area contributed by atoms with Gasteiger partial charge in [0.2, 0.25) is 0 Å². The van der Waals surface area contributed by atoms with Crippen LogP contribution >= 0.6 is 0 Å². The largest absolute Gasteiger partial charge is 0.344 e. The molecule has 1 aliphatic rings. The van der Waals surface area contributed by atoms with Gasteiger partial charge in [-0.2, -0.15) is 0 Å². The molecule has 7 rings (SSSR count). The molecule has 0 N–H and O–H groups in total. The van der Waals surface area contributed by atoms with E-state index < -0.39 is 5.41 Å². The van der Waals surface area contributed by atoms with Crippen molar-refractivity contribution in [3.8, 4) is 11.1 Å². The van der Waals surface area contributed by atoms with Gasteiger partial charge in [0.05, 0.1) is 5.41 Å². The summed E-state index contributed by atoms with van der Waals surface area (Å²) in [4.78, 5) is 4.72. The first-order chi connectivity index (χ1) is 22.1. The van der Waals surface area contributed by atoms with E-state index >= 15 is 0 Å². The lowest BCUT2D eigenvalue weighted by molar-refractivity contribution is 0.728. The Labute approximate surface area is 268 Å². The molecule has 0 atom stereocenters. The molecule has 6 aromatic rings. The topological polar surface area (TPSA) is 6.48 Å². The fourth-order valence-corrected chi connectivity index (χ4v) is 7.47. The summed E-state index contributed by atoms with van der Waals surface area (Å²) in [5, 5.41) is 0. The van der Waals surface area contributed by atoms with Crippen molar-refractivity contribution in [2.24, 2.45) is 0 Å². The number of anilines is 4. The van der Waals surface area contributed by atoms with Gasteiger partial charge in [-0.15, -0.1) is 0 Å². The summed E-state index contributed by atoms with van der Waals surface area (Å²) in [6.07, 6.45) is 1.97. The van der Waals surface area contributed by atoms with Gasteiger partial charge in [-0.05, 0) is 93.7 Å². The minimum atomic E-state index is -0.464. The van der Waals surface area contributed by atoms with Crippen molar-refractivity contribution in [2.75, 3.05) is 23.9 Å². The third-order valence-electron chi connectivity index (χ3n) is 9.73. The first kappa shape index (κ1) is 28.7. The molecule has 2 nitrogen and oxygen atoms in total. The van der Waals surface area contributed by atoms with Gasteiger partial charge in [0, 0.05) is 36.8 Å². The molecule has 0 saturated carbocycles. The maximum Gasteiger partial charge on any atom is 0.0742 e. The number of fused-ring (bicyclic) bond motifs is 2. The first-order valence-electron chi connectivity index (χ1n) is 16.1. The maximum absolute atomic E-state index is 2.45. The molecule has 0 aromatic heterocycles. The minimum absolute atomic E-state index is 0.464. The van der Waals surface area contributed by atoms with Gasteiger partial charge in [-0.3, -0.25) is 0 Å². The fraction of sp³-hybridized carbons (Fsp3) is 0.163. The molecule has 222 valence electrons. The summed E-state index contributed by atoms with van der Waals surface area (Å²) in [6.45, 7) is 4.49. The second kappa shape index (κ2) is 11.8. The molecule has 0 amide bonds. The van der Waals surface area contributed by atoms with Crippen LogP contribution < -0.4 is 9.80 Å². The van der Waals surface area contributed by atoms with Crippen LogP contribution in [0.3, 0.4) is 0 Å². The molecule has 0 spiro atoms. The number of rotatable bonds is 7. The van der Waals surface area contributed by atoms with Crippen LogP contribution in [-0.2, 0) is 18.3 Å². The number of hydrogen-bond acceptors (Lipinski definition) is 2. The van der Waals surface area contributed by atoms with E-state index in [2.05, 4.69) is 183 Å². The molecule has 0 fully saturated rings. The maximum atomic E-state index is 2.45. The predicted molar refractivity (Wildman–Crippen MR) is 192 cm³/mol. The lowest BCUT2D eigenvalue weighted by Crippen LogP contribution is -2.37. The van der Waals surface area contributed by atoms with E-state index in [0.29, 0.717) is 0 Å². The summed E-state index contributed by atoms with van der Waals surface area (Å²) in [6, 6.07) is 53.8. The number of benzene rings is 6. The van der Waals surface area contributed by atoms with Crippen LogP contribution in [-0.4, -0.2) is 14.1 Å². The van der Waals surface area contributed by atoms with E-state index in [1.807, 2.05) is 0 Å². The average Bonchev–Trinajstić information content (AvgIpc) is 3.12. The molecule has 1 heterocycles. The highest BCUT2D eigenvalue weighted by Gasteiger charge is 2.45. The molecule has 6 aromatic carbocycles. The Morgan fingerprint density at radius 1 is 0.511 bits per heavy atom. The van der Waals surface area contributed by atoms with Crippen molar-refractivity contribution in [1.82, 2.24) is 0 Å². The van der Waals surface area contributed by atoms with Crippen molar-refractivity contribution in [3.63, 3.8) is 0 Å². The quantitative estimate of drug-likeness (QED) is 0.184. The van der Waals surface area contributed by atoms with Gasteiger partial charge in [-0.25, -0.2) is 0 Å². The third kappa shape index (κ3) is 4.64. The molecule has 0 unspecified atom stereocenters. The number of para-hydroxylation sites is 2. The van der Waals surface area contributed by atoms with Crippen LogP contribution in [0.4, 0.5) is 22.7 Å². The molecule has 0 saturated heterocycles. The predicted octanol–water partition coefficient (Wildman–Crippen LogP) is 10.7. The highest BCUT2D eigenvalue weighted by atomic mass is 15.1. The zero-order valence-electron chi connectivity index (χ0n) is 26.7. The van der Waals surface area contributed by atoms with E-state index in [0.717, 1.165) is 12.8 Å². The molecule has 1 aliphatic heterocycles. The van der Waals surface area contributed by atoms with Crippen LogP contribution in [0.2, 0.25) is 0 Å². The monoisotopic (exact) mass is 584 g/mol. The van der Waals surface area contributed by atoms with Crippen molar-refractivity contribution in [3.05, 3.63) is 179 Å². The van der Waals surface area contributed by atoms with Crippen LogP contribution in [0, 0.1) is 0 Å². The van der Waals surface area contributed by atoms with Gasteiger partial charge >= 0.3 is 0 Å². The number of hydrogen-bond donors (Lipinski definition) is 0.